The van der Waals surface area contributed by atoms with Crippen LogP contribution in [-0.2, 0) is 10.2 Å². The molecule has 0 radical (unpaired) electrons. The fourth-order valence-electron chi connectivity index (χ4n) is 3.10. The van der Waals surface area contributed by atoms with Gasteiger partial charge < -0.3 is 15.0 Å². The van der Waals surface area contributed by atoms with Gasteiger partial charge >= 0.3 is 0 Å². The summed E-state index contributed by atoms with van der Waals surface area (Å²) in [6.45, 7) is 7.93. The highest BCUT2D eigenvalue weighted by Gasteiger charge is 2.32. The number of anilines is 1. The molecular formula is C21H24N2O2. The van der Waals surface area contributed by atoms with E-state index in [1.54, 1.807) is 7.11 Å². The van der Waals surface area contributed by atoms with Gasteiger partial charge in [0.15, 0.2) is 0 Å². The number of carbonyl (C=O) groups excluding carboxylic acids is 1. The number of benzene rings is 2. The molecule has 3 aromatic rings. The number of nitrogens with one attached hydrogen (secondary N) is 2. The fourth-order valence-corrected chi connectivity index (χ4v) is 3.10. The number of hydrogen-bond acceptors (Lipinski definition) is 2. The fraction of sp³-hybridized carbons (Fsp3) is 0.286. The smallest absolute Gasteiger partial charge is 0.234 e. The van der Waals surface area contributed by atoms with E-state index < -0.39 is 5.41 Å². The Kier molecular flexibility index (Phi) is 4.29. The van der Waals surface area contributed by atoms with Gasteiger partial charge in [0.05, 0.1) is 12.5 Å². The van der Waals surface area contributed by atoms with Gasteiger partial charge in [0.2, 0.25) is 5.91 Å². The van der Waals surface area contributed by atoms with Crippen LogP contribution >= 0.6 is 0 Å². The van der Waals surface area contributed by atoms with Crippen LogP contribution in [0.15, 0.2) is 42.6 Å². The SMILES string of the molecule is COc1ccc2[nH]cc(C(C)(C)C(=O)Nc3ccc(C)cc3C)c2c1. The highest BCUT2D eigenvalue weighted by Crippen LogP contribution is 2.33. The zero-order chi connectivity index (χ0) is 18.2. The van der Waals surface area contributed by atoms with Crippen LogP contribution in [0.2, 0.25) is 0 Å². The third kappa shape index (κ3) is 3.12. The van der Waals surface area contributed by atoms with Crippen molar-refractivity contribution in [2.45, 2.75) is 33.1 Å². The summed E-state index contributed by atoms with van der Waals surface area (Å²) in [6, 6.07) is 11.9. The molecule has 4 heteroatoms. The average molecular weight is 336 g/mol. The lowest BCUT2D eigenvalue weighted by atomic mass is 9.83. The maximum absolute atomic E-state index is 13.0. The first-order valence-electron chi connectivity index (χ1n) is 8.37. The number of fused-ring (bicyclic) bond motifs is 1. The normalized spacial score (nSPS) is 11.6. The maximum atomic E-state index is 13.0. The minimum atomic E-state index is -0.693. The Bertz CT molecular complexity index is 938. The van der Waals surface area contributed by atoms with E-state index in [0.29, 0.717) is 0 Å². The summed E-state index contributed by atoms with van der Waals surface area (Å²) in [5.74, 6) is 0.738. The number of rotatable bonds is 4. The van der Waals surface area contributed by atoms with Crippen LogP contribution in [0, 0.1) is 13.8 Å². The second-order valence-electron chi connectivity index (χ2n) is 7.01. The second kappa shape index (κ2) is 6.28. The Morgan fingerprint density at radius 1 is 1.12 bits per heavy atom. The molecule has 25 heavy (non-hydrogen) atoms. The summed E-state index contributed by atoms with van der Waals surface area (Å²) < 4.78 is 5.33. The van der Waals surface area contributed by atoms with Crippen molar-refractivity contribution in [3.63, 3.8) is 0 Å². The third-order valence-electron chi connectivity index (χ3n) is 4.76. The molecule has 130 valence electrons. The molecule has 0 aliphatic carbocycles. The molecule has 4 nitrogen and oxygen atoms in total. The summed E-state index contributed by atoms with van der Waals surface area (Å²) in [6.07, 6.45) is 1.91. The summed E-state index contributed by atoms with van der Waals surface area (Å²) in [4.78, 5) is 16.3. The van der Waals surface area contributed by atoms with Gasteiger partial charge in [-0.15, -0.1) is 0 Å². The number of carbonyl (C=O) groups is 1. The first-order chi connectivity index (χ1) is 11.8. The summed E-state index contributed by atoms with van der Waals surface area (Å²) >= 11 is 0. The van der Waals surface area contributed by atoms with Gasteiger partial charge in [-0.3, -0.25) is 4.79 Å². The Balaban J connectivity index is 1.96. The van der Waals surface area contributed by atoms with E-state index in [0.717, 1.165) is 33.5 Å². The molecule has 0 bridgehead atoms. The van der Waals surface area contributed by atoms with Gasteiger partial charge in [-0.05, 0) is 63.1 Å². The van der Waals surface area contributed by atoms with E-state index in [4.69, 9.17) is 4.74 Å². The number of H-pyrrole nitrogens is 1. The first kappa shape index (κ1) is 17.1. The minimum Gasteiger partial charge on any atom is -0.497 e. The Labute approximate surface area is 148 Å². The van der Waals surface area contributed by atoms with E-state index in [-0.39, 0.29) is 5.91 Å². The Morgan fingerprint density at radius 2 is 1.88 bits per heavy atom. The van der Waals surface area contributed by atoms with Crippen molar-refractivity contribution in [2.75, 3.05) is 12.4 Å². The van der Waals surface area contributed by atoms with Crippen LogP contribution in [-0.4, -0.2) is 18.0 Å². The lowest BCUT2D eigenvalue weighted by molar-refractivity contribution is -0.120. The third-order valence-corrected chi connectivity index (χ3v) is 4.76. The van der Waals surface area contributed by atoms with Crippen LogP contribution < -0.4 is 10.1 Å². The molecule has 1 aromatic heterocycles. The molecule has 1 heterocycles. The number of methoxy groups -OCH3 is 1. The molecule has 3 rings (SSSR count). The van der Waals surface area contributed by atoms with E-state index in [1.165, 1.54) is 5.56 Å². The average Bonchev–Trinajstić information content (AvgIpc) is 3.00. The maximum Gasteiger partial charge on any atom is 0.234 e. The predicted molar refractivity (Wildman–Crippen MR) is 102 cm³/mol. The van der Waals surface area contributed by atoms with Gasteiger partial charge in [-0.25, -0.2) is 0 Å². The molecule has 2 aromatic carbocycles. The van der Waals surface area contributed by atoms with Gasteiger partial charge in [0, 0.05) is 22.8 Å². The monoisotopic (exact) mass is 336 g/mol. The van der Waals surface area contributed by atoms with Crippen LogP contribution in [0.4, 0.5) is 5.69 Å². The molecule has 0 aliphatic heterocycles. The summed E-state index contributed by atoms with van der Waals surface area (Å²) in [5.41, 5.74) is 4.33. The minimum absolute atomic E-state index is 0.0387. The zero-order valence-electron chi connectivity index (χ0n) is 15.4. The van der Waals surface area contributed by atoms with Crippen LogP contribution in [0.1, 0.15) is 30.5 Å². The van der Waals surface area contributed by atoms with Crippen LogP contribution in [0.3, 0.4) is 0 Å². The van der Waals surface area contributed by atoms with Crippen molar-refractivity contribution >= 4 is 22.5 Å². The van der Waals surface area contributed by atoms with Crippen molar-refractivity contribution < 1.29 is 9.53 Å². The number of aryl methyl sites for hydroxylation is 2. The Hall–Kier alpha value is -2.75. The molecule has 0 saturated heterocycles. The van der Waals surface area contributed by atoms with Crippen molar-refractivity contribution in [3.8, 4) is 5.75 Å². The standard InChI is InChI=1S/C21H24N2O2/c1-13-6-8-18(14(2)10-13)23-20(24)21(3,4)17-12-22-19-9-7-15(25-5)11-16(17)19/h6-12,22H,1-5H3,(H,23,24). The van der Waals surface area contributed by atoms with Crippen molar-refractivity contribution in [3.05, 3.63) is 59.3 Å². The van der Waals surface area contributed by atoms with Crippen LogP contribution in [0.5, 0.6) is 5.75 Å². The Morgan fingerprint density at radius 3 is 2.56 bits per heavy atom. The first-order valence-corrected chi connectivity index (χ1v) is 8.37. The topological polar surface area (TPSA) is 54.1 Å². The molecule has 0 unspecified atom stereocenters. The predicted octanol–water partition coefficient (Wildman–Crippen LogP) is 4.71. The van der Waals surface area contributed by atoms with E-state index in [1.807, 2.05) is 64.2 Å². The summed E-state index contributed by atoms with van der Waals surface area (Å²) in [7, 11) is 1.64. The number of hydrogen-bond donors (Lipinski definition) is 2. The van der Waals surface area contributed by atoms with E-state index >= 15 is 0 Å². The molecule has 0 spiro atoms. The molecule has 0 saturated carbocycles. The van der Waals surface area contributed by atoms with Gasteiger partial charge in [-0.1, -0.05) is 17.7 Å². The summed E-state index contributed by atoms with van der Waals surface area (Å²) in [5, 5.41) is 4.08. The van der Waals surface area contributed by atoms with Crippen molar-refractivity contribution in [1.29, 1.82) is 0 Å². The lowest BCUT2D eigenvalue weighted by Gasteiger charge is -2.24. The molecule has 0 atom stereocenters. The number of aromatic nitrogens is 1. The lowest BCUT2D eigenvalue weighted by Crippen LogP contribution is -2.34. The number of amides is 1. The van der Waals surface area contributed by atoms with E-state index in [2.05, 4.69) is 16.4 Å². The van der Waals surface area contributed by atoms with Crippen LogP contribution in [0.25, 0.3) is 10.9 Å². The van der Waals surface area contributed by atoms with Gasteiger partial charge in [0.1, 0.15) is 5.75 Å². The molecule has 0 aliphatic rings. The highest BCUT2D eigenvalue weighted by molar-refractivity contribution is 6.02. The highest BCUT2D eigenvalue weighted by atomic mass is 16.5. The quantitative estimate of drug-likeness (QED) is 0.725. The van der Waals surface area contributed by atoms with Gasteiger partial charge in [0.25, 0.3) is 0 Å². The number of aromatic amines is 1. The zero-order valence-corrected chi connectivity index (χ0v) is 15.4. The molecule has 1 amide bonds. The van der Waals surface area contributed by atoms with Gasteiger partial charge in [-0.2, -0.15) is 0 Å². The van der Waals surface area contributed by atoms with E-state index in [9.17, 15) is 4.79 Å². The van der Waals surface area contributed by atoms with Crippen molar-refractivity contribution in [1.82, 2.24) is 4.98 Å². The number of ether oxygens (including phenoxy) is 1. The van der Waals surface area contributed by atoms with Crippen molar-refractivity contribution in [2.24, 2.45) is 0 Å². The molecule has 2 N–H and O–H groups in total. The molecule has 0 fully saturated rings. The largest absolute Gasteiger partial charge is 0.497 e. The second-order valence-corrected chi connectivity index (χ2v) is 7.01. The molecular weight excluding hydrogens is 312 g/mol.